The molecule has 1 saturated carbocycles. The molecule has 0 spiro atoms. The number of pyridine rings is 1. The highest BCUT2D eigenvalue weighted by Crippen LogP contribution is 2.35. The maximum Gasteiger partial charge on any atom is 0.233 e. The van der Waals surface area contributed by atoms with Crippen LogP contribution >= 0.6 is 0 Å². The van der Waals surface area contributed by atoms with E-state index in [9.17, 15) is 0 Å². The first-order valence-corrected chi connectivity index (χ1v) is 9.68. The van der Waals surface area contributed by atoms with E-state index in [0.717, 1.165) is 36.3 Å². The van der Waals surface area contributed by atoms with Crippen LogP contribution < -0.4 is 4.74 Å². The maximum atomic E-state index is 5.82. The van der Waals surface area contributed by atoms with Gasteiger partial charge in [-0.3, -0.25) is 0 Å². The highest BCUT2D eigenvalue weighted by atomic mass is 16.5. The molecule has 130 valence electrons. The Labute approximate surface area is 144 Å². The van der Waals surface area contributed by atoms with E-state index < -0.39 is 0 Å². The van der Waals surface area contributed by atoms with Crippen LogP contribution in [0.1, 0.15) is 44.9 Å². The van der Waals surface area contributed by atoms with Gasteiger partial charge in [-0.1, -0.05) is 25.3 Å². The molecule has 24 heavy (non-hydrogen) atoms. The zero-order chi connectivity index (χ0) is 16.2. The second-order valence-corrected chi connectivity index (χ2v) is 7.50. The molecule has 0 N–H and O–H groups in total. The van der Waals surface area contributed by atoms with Crippen LogP contribution in [0.25, 0.3) is 5.52 Å². The van der Waals surface area contributed by atoms with Crippen molar-refractivity contribution < 1.29 is 4.74 Å². The maximum absolute atomic E-state index is 5.82. The Balaban J connectivity index is 1.16. The SMILES string of the molecule is c1ccn2nc(OCCCCN3CC[C@H]4CCCC[C@@H]4C3)cc2c1. The average Bonchev–Trinajstić information content (AvgIpc) is 3.04. The molecule has 1 saturated heterocycles. The van der Waals surface area contributed by atoms with Crippen LogP contribution in [-0.4, -0.2) is 40.8 Å². The fourth-order valence-electron chi connectivity index (χ4n) is 4.48. The minimum atomic E-state index is 0.740. The lowest BCUT2D eigenvalue weighted by molar-refractivity contribution is 0.0848. The fraction of sp³-hybridized carbons (Fsp3) is 0.650. The summed E-state index contributed by atoms with van der Waals surface area (Å²) in [5.74, 6) is 2.76. The van der Waals surface area contributed by atoms with Gasteiger partial charge in [-0.25, -0.2) is 4.52 Å². The molecule has 2 aromatic rings. The lowest BCUT2D eigenvalue weighted by atomic mass is 9.75. The van der Waals surface area contributed by atoms with E-state index in [-0.39, 0.29) is 0 Å². The highest BCUT2D eigenvalue weighted by molar-refractivity contribution is 5.48. The normalized spacial score (nSPS) is 24.8. The first-order valence-electron chi connectivity index (χ1n) is 9.68. The summed E-state index contributed by atoms with van der Waals surface area (Å²) in [6.45, 7) is 4.66. The van der Waals surface area contributed by atoms with E-state index >= 15 is 0 Å². The molecule has 2 fully saturated rings. The number of hydrogen-bond donors (Lipinski definition) is 0. The molecule has 3 heterocycles. The minimum absolute atomic E-state index is 0.740. The van der Waals surface area contributed by atoms with Gasteiger partial charge in [0.1, 0.15) is 0 Å². The van der Waals surface area contributed by atoms with E-state index in [4.69, 9.17) is 4.74 Å². The lowest BCUT2D eigenvalue weighted by Crippen LogP contribution is -2.42. The zero-order valence-electron chi connectivity index (χ0n) is 14.6. The predicted molar refractivity (Wildman–Crippen MR) is 96.4 cm³/mol. The van der Waals surface area contributed by atoms with Gasteiger partial charge in [0.25, 0.3) is 0 Å². The van der Waals surface area contributed by atoms with Gasteiger partial charge in [0, 0.05) is 18.8 Å². The standard InChI is InChI=1S/C20H29N3O/c1-2-8-18-16-22(13-10-17(18)7-1)11-5-6-14-24-20-15-19-9-3-4-12-23(19)21-20/h3-4,9,12,15,17-18H,1-2,5-8,10-11,13-14,16H2/t17-,18-/m1/s1. The van der Waals surface area contributed by atoms with Gasteiger partial charge in [0.05, 0.1) is 12.1 Å². The third-order valence-electron chi connectivity index (χ3n) is 5.84. The van der Waals surface area contributed by atoms with Gasteiger partial charge in [0.2, 0.25) is 5.88 Å². The summed E-state index contributed by atoms with van der Waals surface area (Å²) in [6.07, 6.45) is 11.6. The van der Waals surface area contributed by atoms with Crippen molar-refractivity contribution in [3.8, 4) is 5.88 Å². The van der Waals surface area contributed by atoms with E-state index in [1.807, 2.05) is 28.9 Å². The van der Waals surface area contributed by atoms with Crippen molar-refractivity contribution in [3.63, 3.8) is 0 Å². The van der Waals surface area contributed by atoms with Crippen LogP contribution in [0.3, 0.4) is 0 Å². The molecule has 4 heteroatoms. The predicted octanol–water partition coefficient (Wildman–Crippen LogP) is 4.01. The minimum Gasteiger partial charge on any atom is -0.477 e. The Morgan fingerprint density at radius 1 is 1.08 bits per heavy atom. The summed E-state index contributed by atoms with van der Waals surface area (Å²) < 4.78 is 7.68. The number of likely N-dealkylation sites (tertiary alicyclic amines) is 1. The monoisotopic (exact) mass is 327 g/mol. The molecule has 2 aromatic heterocycles. The quantitative estimate of drug-likeness (QED) is 0.751. The second kappa shape index (κ2) is 7.56. The number of piperidine rings is 1. The van der Waals surface area contributed by atoms with Gasteiger partial charge in [0.15, 0.2) is 0 Å². The largest absolute Gasteiger partial charge is 0.477 e. The number of fused-ring (bicyclic) bond motifs is 2. The van der Waals surface area contributed by atoms with Crippen molar-refractivity contribution in [1.29, 1.82) is 0 Å². The summed E-state index contributed by atoms with van der Waals surface area (Å²) >= 11 is 0. The van der Waals surface area contributed by atoms with Crippen LogP contribution in [0, 0.1) is 11.8 Å². The number of rotatable bonds is 6. The van der Waals surface area contributed by atoms with Gasteiger partial charge in [-0.05, 0) is 62.7 Å². The molecule has 0 amide bonds. The molecular weight excluding hydrogens is 298 g/mol. The van der Waals surface area contributed by atoms with E-state index in [2.05, 4.69) is 16.1 Å². The second-order valence-electron chi connectivity index (χ2n) is 7.50. The first-order chi connectivity index (χ1) is 11.9. The molecule has 2 aliphatic rings. The van der Waals surface area contributed by atoms with Crippen molar-refractivity contribution in [2.45, 2.75) is 44.9 Å². The topological polar surface area (TPSA) is 29.8 Å². The molecule has 1 aliphatic carbocycles. The van der Waals surface area contributed by atoms with Gasteiger partial charge in [-0.2, -0.15) is 0 Å². The molecule has 0 radical (unpaired) electrons. The first kappa shape index (κ1) is 15.9. The number of aromatic nitrogens is 2. The molecule has 4 nitrogen and oxygen atoms in total. The fourth-order valence-corrected chi connectivity index (χ4v) is 4.48. The lowest BCUT2D eigenvalue weighted by Gasteiger charge is -2.41. The molecule has 0 aromatic carbocycles. The van der Waals surface area contributed by atoms with Gasteiger partial charge >= 0.3 is 0 Å². The molecular formula is C20H29N3O. The Kier molecular flexibility index (Phi) is 5.02. The Bertz CT molecular complexity index is 620. The third kappa shape index (κ3) is 3.75. The molecule has 4 rings (SSSR count). The summed E-state index contributed by atoms with van der Waals surface area (Å²) in [7, 11) is 0. The van der Waals surface area contributed by atoms with Crippen LogP contribution in [0.4, 0.5) is 0 Å². The number of unbranched alkanes of at least 4 members (excludes halogenated alkanes) is 1. The zero-order valence-corrected chi connectivity index (χ0v) is 14.6. The number of nitrogens with zero attached hydrogens (tertiary/aromatic N) is 3. The van der Waals surface area contributed by atoms with Gasteiger partial charge in [-0.15, -0.1) is 5.10 Å². The highest BCUT2D eigenvalue weighted by Gasteiger charge is 2.30. The molecule has 2 atom stereocenters. The van der Waals surface area contributed by atoms with Crippen LogP contribution in [0.2, 0.25) is 0 Å². The number of ether oxygens (including phenoxy) is 1. The Hall–Kier alpha value is -1.55. The molecule has 0 bridgehead atoms. The van der Waals surface area contributed by atoms with E-state index in [1.54, 1.807) is 0 Å². The average molecular weight is 327 g/mol. The third-order valence-corrected chi connectivity index (χ3v) is 5.84. The van der Waals surface area contributed by atoms with Crippen molar-refractivity contribution in [1.82, 2.24) is 14.5 Å². The van der Waals surface area contributed by atoms with E-state index in [0.29, 0.717) is 0 Å². The summed E-state index contributed by atoms with van der Waals surface area (Å²) in [5, 5.41) is 4.43. The Morgan fingerprint density at radius 2 is 2.00 bits per heavy atom. The smallest absolute Gasteiger partial charge is 0.233 e. The van der Waals surface area contributed by atoms with Crippen molar-refractivity contribution >= 4 is 5.52 Å². The van der Waals surface area contributed by atoms with Crippen molar-refractivity contribution in [2.24, 2.45) is 11.8 Å². The van der Waals surface area contributed by atoms with Crippen molar-refractivity contribution in [3.05, 3.63) is 30.5 Å². The number of hydrogen-bond acceptors (Lipinski definition) is 3. The van der Waals surface area contributed by atoms with Gasteiger partial charge < -0.3 is 9.64 Å². The molecule has 0 unspecified atom stereocenters. The summed E-state index contributed by atoms with van der Waals surface area (Å²) in [4.78, 5) is 2.69. The summed E-state index contributed by atoms with van der Waals surface area (Å²) in [5.41, 5.74) is 1.09. The van der Waals surface area contributed by atoms with Crippen LogP contribution in [0.5, 0.6) is 5.88 Å². The van der Waals surface area contributed by atoms with E-state index in [1.165, 1.54) is 58.2 Å². The summed E-state index contributed by atoms with van der Waals surface area (Å²) in [6, 6.07) is 8.07. The Morgan fingerprint density at radius 3 is 2.92 bits per heavy atom. The van der Waals surface area contributed by atoms with Crippen LogP contribution in [-0.2, 0) is 0 Å². The van der Waals surface area contributed by atoms with Crippen molar-refractivity contribution in [2.75, 3.05) is 26.2 Å². The molecule has 1 aliphatic heterocycles. The van der Waals surface area contributed by atoms with Crippen LogP contribution in [0.15, 0.2) is 30.5 Å².